The Morgan fingerprint density at radius 1 is 1.29 bits per heavy atom. The van der Waals surface area contributed by atoms with E-state index in [4.69, 9.17) is 0 Å². The van der Waals surface area contributed by atoms with Crippen LogP contribution in [0.5, 0.6) is 0 Å². The van der Waals surface area contributed by atoms with Crippen molar-refractivity contribution in [3.05, 3.63) is 65.7 Å². The molecule has 0 radical (unpaired) electrons. The van der Waals surface area contributed by atoms with Gasteiger partial charge in [0.05, 0.1) is 10.5 Å². The molecule has 0 aliphatic rings. The van der Waals surface area contributed by atoms with Crippen LogP contribution < -0.4 is 5.32 Å². The number of halogens is 2. The Bertz CT molecular complexity index is 734. The molecule has 1 amide bonds. The number of aryl methyl sites for hydroxylation is 1. The predicted molar refractivity (Wildman–Crippen MR) is 92.6 cm³/mol. The van der Waals surface area contributed by atoms with Crippen LogP contribution in [0, 0.1) is 20.6 Å². The molecule has 0 atom stereocenters. The normalized spacial score (nSPS) is 10.2. The molecule has 7 heteroatoms. The van der Waals surface area contributed by atoms with Crippen LogP contribution in [0.25, 0.3) is 0 Å². The summed E-state index contributed by atoms with van der Waals surface area (Å²) >= 11 is 5.39. The van der Waals surface area contributed by atoms with Crippen molar-refractivity contribution >= 4 is 55.8 Å². The molecule has 2 aromatic rings. The van der Waals surface area contributed by atoms with Crippen LogP contribution in [0.4, 0.5) is 11.4 Å². The number of nitrogens with one attached hydrogen (secondary N) is 1. The van der Waals surface area contributed by atoms with Gasteiger partial charge in [0.1, 0.15) is 0 Å². The maximum Gasteiger partial charge on any atom is 0.274 e. The number of hydrogen-bond donors (Lipinski definition) is 1. The van der Waals surface area contributed by atoms with E-state index in [1.54, 1.807) is 25.1 Å². The van der Waals surface area contributed by atoms with Crippen molar-refractivity contribution in [2.75, 3.05) is 5.32 Å². The summed E-state index contributed by atoms with van der Waals surface area (Å²) in [7, 11) is 0. The van der Waals surface area contributed by atoms with Crippen molar-refractivity contribution in [1.82, 2.24) is 0 Å². The summed E-state index contributed by atoms with van der Waals surface area (Å²) in [6.45, 7) is 1.65. The lowest BCUT2D eigenvalue weighted by atomic mass is 10.1. The average Bonchev–Trinajstić information content (AvgIpc) is 2.43. The highest BCUT2D eigenvalue weighted by molar-refractivity contribution is 14.1. The zero-order chi connectivity index (χ0) is 15.6. The van der Waals surface area contributed by atoms with Crippen molar-refractivity contribution < 1.29 is 9.72 Å². The van der Waals surface area contributed by atoms with E-state index in [2.05, 4.69) is 43.8 Å². The van der Waals surface area contributed by atoms with E-state index in [1.807, 2.05) is 12.1 Å². The Morgan fingerprint density at radius 2 is 2.00 bits per heavy atom. The van der Waals surface area contributed by atoms with Crippen molar-refractivity contribution in [2.45, 2.75) is 6.92 Å². The number of nitro groups is 1. The minimum Gasteiger partial charge on any atom is -0.322 e. The highest BCUT2D eigenvalue weighted by Crippen LogP contribution is 2.24. The van der Waals surface area contributed by atoms with Crippen molar-refractivity contribution in [3.8, 4) is 0 Å². The Kier molecular flexibility index (Phi) is 4.94. The third kappa shape index (κ3) is 3.79. The van der Waals surface area contributed by atoms with Gasteiger partial charge in [0.2, 0.25) is 0 Å². The van der Waals surface area contributed by atoms with Gasteiger partial charge in [-0.25, -0.2) is 0 Å². The van der Waals surface area contributed by atoms with E-state index in [1.165, 1.54) is 6.07 Å². The van der Waals surface area contributed by atoms with Crippen LogP contribution >= 0.6 is 38.5 Å². The van der Waals surface area contributed by atoms with Crippen LogP contribution in [0.1, 0.15) is 15.9 Å². The van der Waals surface area contributed by atoms with Gasteiger partial charge in [0, 0.05) is 25.4 Å². The SMILES string of the molecule is Cc1ccc(NC(=O)c2cc(Br)ccc2I)cc1[N+](=O)[O-]. The Labute approximate surface area is 143 Å². The second kappa shape index (κ2) is 6.52. The second-order valence-electron chi connectivity index (χ2n) is 4.34. The summed E-state index contributed by atoms with van der Waals surface area (Å²) in [5, 5.41) is 13.6. The first kappa shape index (κ1) is 15.9. The molecule has 5 nitrogen and oxygen atoms in total. The Balaban J connectivity index is 2.29. The number of carbonyl (C=O) groups is 1. The third-order valence-electron chi connectivity index (χ3n) is 2.84. The lowest BCUT2D eigenvalue weighted by Gasteiger charge is -2.08. The Morgan fingerprint density at radius 3 is 2.67 bits per heavy atom. The van der Waals surface area contributed by atoms with Gasteiger partial charge in [0.25, 0.3) is 11.6 Å². The van der Waals surface area contributed by atoms with Crippen LogP contribution in [0.3, 0.4) is 0 Å². The number of amides is 1. The van der Waals surface area contributed by atoms with Gasteiger partial charge in [0.15, 0.2) is 0 Å². The van der Waals surface area contributed by atoms with Crippen LogP contribution in [0.15, 0.2) is 40.9 Å². The van der Waals surface area contributed by atoms with Gasteiger partial charge in [-0.3, -0.25) is 14.9 Å². The highest BCUT2D eigenvalue weighted by Gasteiger charge is 2.14. The molecule has 2 aromatic carbocycles. The molecule has 0 saturated carbocycles. The first-order valence-electron chi connectivity index (χ1n) is 5.90. The number of nitro benzene ring substituents is 1. The van der Waals surface area contributed by atoms with E-state index in [9.17, 15) is 14.9 Å². The fourth-order valence-electron chi connectivity index (χ4n) is 1.75. The fourth-order valence-corrected chi connectivity index (χ4v) is 2.70. The fraction of sp³-hybridized carbons (Fsp3) is 0.0714. The number of rotatable bonds is 3. The Hall–Kier alpha value is -1.48. The van der Waals surface area contributed by atoms with Crippen molar-refractivity contribution in [3.63, 3.8) is 0 Å². The first-order chi connectivity index (χ1) is 9.88. The van der Waals surface area contributed by atoms with Crippen molar-refractivity contribution in [1.29, 1.82) is 0 Å². The molecule has 0 bridgehead atoms. The maximum absolute atomic E-state index is 12.2. The maximum atomic E-state index is 12.2. The molecule has 2 rings (SSSR count). The van der Waals surface area contributed by atoms with Gasteiger partial charge < -0.3 is 5.32 Å². The molecule has 0 spiro atoms. The standard InChI is InChI=1S/C14H10BrIN2O3/c1-8-2-4-10(7-13(8)18(20)21)17-14(19)11-6-9(15)3-5-12(11)16/h2-7H,1H3,(H,17,19). The van der Waals surface area contributed by atoms with Gasteiger partial charge in [-0.2, -0.15) is 0 Å². The number of benzene rings is 2. The van der Waals surface area contributed by atoms with Crippen LogP contribution in [-0.4, -0.2) is 10.8 Å². The lowest BCUT2D eigenvalue weighted by Crippen LogP contribution is -2.13. The highest BCUT2D eigenvalue weighted by atomic mass is 127. The molecule has 0 saturated heterocycles. The summed E-state index contributed by atoms with van der Waals surface area (Å²) in [5.74, 6) is -0.307. The number of anilines is 1. The molecule has 108 valence electrons. The molecule has 0 aliphatic carbocycles. The van der Waals surface area contributed by atoms with Crippen LogP contribution in [0.2, 0.25) is 0 Å². The van der Waals surface area contributed by atoms with Crippen molar-refractivity contribution in [2.24, 2.45) is 0 Å². The summed E-state index contributed by atoms with van der Waals surface area (Å²) in [5.41, 5.74) is 1.44. The quantitative estimate of drug-likeness (QED) is 0.415. The largest absolute Gasteiger partial charge is 0.322 e. The molecule has 0 fully saturated rings. The van der Waals surface area contributed by atoms with Crippen LogP contribution in [-0.2, 0) is 0 Å². The molecule has 0 aliphatic heterocycles. The molecule has 0 unspecified atom stereocenters. The monoisotopic (exact) mass is 460 g/mol. The van der Waals surface area contributed by atoms with E-state index in [0.29, 0.717) is 16.8 Å². The molecule has 0 heterocycles. The van der Waals surface area contributed by atoms with Gasteiger partial charge in [-0.15, -0.1) is 0 Å². The number of hydrogen-bond acceptors (Lipinski definition) is 3. The predicted octanol–water partition coefficient (Wildman–Crippen LogP) is 4.52. The van der Waals surface area contributed by atoms with Gasteiger partial charge in [-0.1, -0.05) is 22.0 Å². The summed E-state index contributed by atoms with van der Waals surface area (Å²) in [6, 6.07) is 9.98. The van der Waals surface area contributed by atoms with Gasteiger partial charge >= 0.3 is 0 Å². The molecule has 21 heavy (non-hydrogen) atoms. The summed E-state index contributed by atoms with van der Waals surface area (Å²) < 4.78 is 1.60. The molecule has 0 aromatic heterocycles. The zero-order valence-corrected chi connectivity index (χ0v) is 14.6. The second-order valence-corrected chi connectivity index (χ2v) is 6.41. The summed E-state index contributed by atoms with van der Waals surface area (Å²) in [6.07, 6.45) is 0. The van der Waals surface area contributed by atoms with Gasteiger partial charge in [-0.05, 0) is 53.8 Å². The van der Waals surface area contributed by atoms with E-state index in [0.717, 1.165) is 8.04 Å². The molecular weight excluding hydrogens is 451 g/mol. The minimum absolute atomic E-state index is 0.0169. The zero-order valence-electron chi connectivity index (χ0n) is 10.9. The smallest absolute Gasteiger partial charge is 0.274 e. The lowest BCUT2D eigenvalue weighted by molar-refractivity contribution is -0.385. The average molecular weight is 461 g/mol. The number of nitrogens with zero attached hydrogens (tertiary/aromatic N) is 1. The molecule has 1 N–H and O–H groups in total. The first-order valence-corrected chi connectivity index (χ1v) is 7.77. The van der Waals surface area contributed by atoms with E-state index in [-0.39, 0.29) is 11.6 Å². The van der Waals surface area contributed by atoms with E-state index < -0.39 is 4.92 Å². The minimum atomic E-state index is -0.464. The number of carbonyl (C=O) groups excluding carboxylic acids is 1. The van der Waals surface area contributed by atoms with E-state index >= 15 is 0 Å². The molecular formula is C14H10BrIN2O3. The topological polar surface area (TPSA) is 72.2 Å². The third-order valence-corrected chi connectivity index (χ3v) is 4.27. The summed E-state index contributed by atoms with van der Waals surface area (Å²) in [4.78, 5) is 22.7.